The molecule has 0 unspecified atom stereocenters. The van der Waals surface area contributed by atoms with Crippen LogP contribution in [0.2, 0.25) is 0 Å². The summed E-state index contributed by atoms with van der Waals surface area (Å²) >= 11 is 0. The quantitative estimate of drug-likeness (QED) is 0.348. The molecule has 0 aliphatic heterocycles. The number of ether oxygens (including phenoxy) is 1. The Morgan fingerprint density at radius 1 is 0.765 bits per heavy atom. The van der Waals surface area contributed by atoms with Crippen LogP contribution in [0.4, 0.5) is 16.2 Å². The first-order chi connectivity index (χ1) is 16.7. The summed E-state index contributed by atoms with van der Waals surface area (Å²) in [6.45, 7) is 0.595. The first-order valence-corrected chi connectivity index (χ1v) is 10.9. The molecule has 0 saturated heterocycles. The van der Waals surface area contributed by atoms with Gasteiger partial charge in [-0.1, -0.05) is 54.6 Å². The van der Waals surface area contributed by atoms with E-state index < -0.39 is 0 Å². The minimum atomic E-state index is -0.278. The number of carbonyl (C=O) groups excluding carboxylic acids is 2. The SMILES string of the molecule is O=C(COc1cccc(NC(=O)N(Cc2ccccc2)Cc2ccco2)c1)Nc1ccccc1. The molecule has 0 fully saturated rings. The van der Waals surface area contributed by atoms with Gasteiger partial charge in [0.2, 0.25) is 0 Å². The standard InChI is InChI=1S/C27H25N3O4/c31-26(28-22-11-5-2-6-12-22)20-34-24-14-7-13-23(17-24)29-27(32)30(19-25-15-8-16-33-25)18-21-9-3-1-4-10-21/h1-17H,18-20H2,(H,28,31)(H,29,32). The average molecular weight is 456 g/mol. The van der Waals surface area contributed by atoms with Crippen molar-refractivity contribution in [2.75, 3.05) is 17.2 Å². The summed E-state index contributed by atoms with van der Waals surface area (Å²) in [4.78, 5) is 26.9. The zero-order valence-corrected chi connectivity index (χ0v) is 18.5. The van der Waals surface area contributed by atoms with Crippen LogP contribution < -0.4 is 15.4 Å². The van der Waals surface area contributed by atoms with Crippen LogP contribution in [0.15, 0.2) is 108 Å². The van der Waals surface area contributed by atoms with E-state index in [4.69, 9.17) is 9.15 Å². The van der Waals surface area contributed by atoms with Gasteiger partial charge < -0.3 is 24.7 Å². The number of nitrogens with one attached hydrogen (secondary N) is 2. The number of carbonyl (C=O) groups is 2. The van der Waals surface area contributed by atoms with Crippen LogP contribution in [-0.4, -0.2) is 23.4 Å². The highest BCUT2D eigenvalue weighted by atomic mass is 16.5. The Bertz CT molecular complexity index is 1200. The van der Waals surface area contributed by atoms with E-state index in [1.54, 1.807) is 53.6 Å². The highest BCUT2D eigenvalue weighted by molar-refractivity contribution is 5.92. The molecule has 34 heavy (non-hydrogen) atoms. The summed E-state index contributed by atoms with van der Waals surface area (Å²) in [5.74, 6) is 0.891. The maximum absolute atomic E-state index is 13.1. The number of benzene rings is 3. The zero-order chi connectivity index (χ0) is 23.6. The van der Waals surface area contributed by atoms with Gasteiger partial charge in [-0.25, -0.2) is 4.79 Å². The van der Waals surface area contributed by atoms with Crippen LogP contribution >= 0.6 is 0 Å². The van der Waals surface area contributed by atoms with Gasteiger partial charge in [0, 0.05) is 24.0 Å². The predicted octanol–water partition coefficient (Wildman–Crippen LogP) is 5.53. The predicted molar refractivity (Wildman–Crippen MR) is 130 cm³/mol. The third-order valence-electron chi connectivity index (χ3n) is 4.94. The van der Waals surface area contributed by atoms with Crippen molar-refractivity contribution in [3.05, 3.63) is 115 Å². The smallest absolute Gasteiger partial charge is 0.322 e. The van der Waals surface area contributed by atoms with Crippen molar-refractivity contribution >= 4 is 23.3 Å². The van der Waals surface area contributed by atoms with Gasteiger partial charge in [-0.3, -0.25) is 4.79 Å². The molecule has 172 valence electrons. The minimum absolute atomic E-state index is 0.148. The van der Waals surface area contributed by atoms with Crippen molar-refractivity contribution in [2.45, 2.75) is 13.1 Å². The topological polar surface area (TPSA) is 83.8 Å². The van der Waals surface area contributed by atoms with Crippen molar-refractivity contribution in [1.82, 2.24) is 4.90 Å². The zero-order valence-electron chi connectivity index (χ0n) is 18.5. The molecule has 4 aromatic rings. The second-order valence-electron chi connectivity index (χ2n) is 7.58. The second-order valence-corrected chi connectivity index (χ2v) is 7.58. The molecule has 1 heterocycles. The summed E-state index contributed by atoms with van der Waals surface area (Å²) in [7, 11) is 0. The number of furan rings is 1. The molecule has 2 N–H and O–H groups in total. The molecule has 0 saturated carbocycles. The van der Waals surface area contributed by atoms with E-state index in [0.29, 0.717) is 36.0 Å². The molecule has 7 nitrogen and oxygen atoms in total. The Hall–Kier alpha value is -4.52. The lowest BCUT2D eigenvalue weighted by molar-refractivity contribution is -0.118. The largest absolute Gasteiger partial charge is 0.484 e. The number of anilines is 2. The Balaban J connectivity index is 1.37. The van der Waals surface area contributed by atoms with E-state index >= 15 is 0 Å². The minimum Gasteiger partial charge on any atom is -0.484 e. The van der Waals surface area contributed by atoms with Crippen LogP contribution in [-0.2, 0) is 17.9 Å². The number of nitrogens with zero attached hydrogens (tertiary/aromatic N) is 1. The Labute approximate surface area is 198 Å². The molecular weight excluding hydrogens is 430 g/mol. The number of rotatable bonds is 9. The van der Waals surface area contributed by atoms with Gasteiger partial charge in [-0.2, -0.15) is 0 Å². The maximum Gasteiger partial charge on any atom is 0.322 e. The second kappa shape index (κ2) is 11.4. The maximum atomic E-state index is 13.1. The molecule has 1 aromatic heterocycles. The fourth-order valence-electron chi connectivity index (χ4n) is 3.33. The van der Waals surface area contributed by atoms with E-state index in [1.165, 1.54) is 0 Å². The monoisotopic (exact) mass is 455 g/mol. The average Bonchev–Trinajstić information content (AvgIpc) is 3.37. The molecule has 0 bridgehead atoms. The summed E-state index contributed by atoms with van der Waals surface area (Å²) in [6.07, 6.45) is 1.59. The normalized spacial score (nSPS) is 10.4. The van der Waals surface area contributed by atoms with Gasteiger partial charge in [-0.05, 0) is 42.0 Å². The lowest BCUT2D eigenvalue weighted by Gasteiger charge is -2.22. The third kappa shape index (κ3) is 6.74. The Morgan fingerprint density at radius 2 is 1.50 bits per heavy atom. The fraction of sp³-hybridized carbons (Fsp3) is 0.111. The summed E-state index contributed by atoms with van der Waals surface area (Å²) < 4.78 is 11.1. The molecule has 3 aromatic carbocycles. The van der Waals surface area contributed by atoms with Crippen LogP contribution in [0.1, 0.15) is 11.3 Å². The Morgan fingerprint density at radius 3 is 2.24 bits per heavy atom. The molecule has 0 spiro atoms. The molecular formula is C27H25N3O4. The number of hydrogen-bond donors (Lipinski definition) is 2. The summed E-state index contributed by atoms with van der Waals surface area (Å²) in [5.41, 5.74) is 2.27. The van der Waals surface area contributed by atoms with Gasteiger partial charge in [0.15, 0.2) is 6.61 Å². The molecule has 7 heteroatoms. The van der Waals surface area contributed by atoms with E-state index in [2.05, 4.69) is 10.6 Å². The van der Waals surface area contributed by atoms with Crippen LogP contribution in [0.25, 0.3) is 0 Å². The number of hydrogen-bond acceptors (Lipinski definition) is 4. The van der Waals surface area contributed by atoms with Gasteiger partial charge >= 0.3 is 6.03 Å². The van der Waals surface area contributed by atoms with Gasteiger partial charge in [0.25, 0.3) is 5.91 Å². The van der Waals surface area contributed by atoms with Crippen molar-refractivity contribution in [3.8, 4) is 5.75 Å². The number of para-hydroxylation sites is 1. The fourth-order valence-corrected chi connectivity index (χ4v) is 3.33. The third-order valence-corrected chi connectivity index (χ3v) is 4.94. The molecule has 4 rings (SSSR count). The van der Waals surface area contributed by atoms with Crippen molar-refractivity contribution in [2.24, 2.45) is 0 Å². The number of amides is 3. The lowest BCUT2D eigenvalue weighted by Crippen LogP contribution is -2.34. The highest BCUT2D eigenvalue weighted by Gasteiger charge is 2.16. The summed E-state index contributed by atoms with van der Waals surface area (Å²) in [6, 6.07) is 29.2. The summed E-state index contributed by atoms with van der Waals surface area (Å²) in [5, 5.41) is 5.68. The van der Waals surface area contributed by atoms with Crippen LogP contribution in [0.5, 0.6) is 5.75 Å². The lowest BCUT2D eigenvalue weighted by atomic mass is 10.2. The molecule has 0 aliphatic rings. The van der Waals surface area contributed by atoms with Gasteiger partial charge in [0.05, 0.1) is 12.8 Å². The van der Waals surface area contributed by atoms with Crippen LogP contribution in [0, 0.1) is 0 Å². The molecule has 0 atom stereocenters. The molecule has 0 radical (unpaired) electrons. The highest BCUT2D eigenvalue weighted by Crippen LogP contribution is 2.19. The van der Waals surface area contributed by atoms with E-state index in [-0.39, 0.29) is 18.5 Å². The van der Waals surface area contributed by atoms with Crippen molar-refractivity contribution in [3.63, 3.8) is 0 Å². The van der Waals surface area contributed by atoms with Crippen LogP contribution in [0.3, 0.4) is 0 Å². The van der Waals surface area contributed by atoms with E-state index in [9.17, 15) is 9.59 Å². The first-order valence-electron chi connectivity index (χ1n) is 10.9. The Kier molecular flexibility index (Phi) is 7.58. The molecule has 0 aliphatic carbocycles. The van der Waals surface area contributed by atoms with E-state index in [1.807, 2.05) is 54.6 Å². The van der Waals surface area contributed by atoms with Crippen molar-refractivity contribution < 1.29 is 18.7 Å². The van der Waals surface area contributed by atoms with E-state index in [0.717, 1.165) is 5.56 Å². The van der Waals surface area contributed by atoms with Gasteiger partial charge in [-0.15, -0.1) is 0 Å². The van der Waals surface area contributed by atoms with Crippen molar-refractivity contribution in [1.29, 1.82) is 0 Å². The molecule has 3 amide bonds. The van der Waals surface area contributed by atoms with Gasteiger partial charge in [0.1, 0.15) is 11.5 Å². The number of urea groups is 1. The first kappa shape index (κ1) is 22.7.